The molecule has 8 heteroatoms. The third-order valence-electron chi connectivity index (χ3n) is 2.44. The van der Waals surface area contributed by atoms with Crippen LogP contribution in [0.3, 0.4) is 0 Å². The first kappa shape index (κ1) is 13.8. The van der Waals surface area contributed by atoms with Gasteiger partial charge in [-0.3, -0.25) is 4.79 Å². The summed E-state index contributed by atoms with van der Waals surface area (Å²) >= 11 is 0. The maximum absolute atomic E-state index is 11.7. The first-order valence-electron chi connectivity index (χ1n) is 5.91. The van der Waals surface area contributed by atoms with Crippen LogP contribution in [0.1, 0.15) is 5.82 Å². The average Bonchev–Trinajstić information content (AvgIpc) is 2.97. The fraction of sp³-hybridized carbons (Fsp3) is 0.333. The molecule has 0 aliphatic heterocycles. The Hall–Kier alpha value is -2.64. The minimum Gasteiger partial charge on any atom is -0.467 e. The van der Waals surface area contributed by atoms with Crippen LogP contribution in [0.5, 0.6) is 12.0 Å². The SMILES string of the molecule is COc1nc(CNC(=O)Cn2cccc2)nc(OC)n1. The molecular formula is C12H15N5O3. The number of carbonyl (C=O) groups excluding carboxylic acids is 1. The van der Waals surface area contributed by atoms with Gasteiger partial charge in [-0.1, -0.05) is 0 Å². The Labute approximate surface area is 115 Å². The lowest BCUT2D eigenvalue weighted by molar-refractivity contribution is -0.121. The highest BCUT2D eigenvalue weighted by Crippen LogP contribution is 2.08. The number of nitrogens with one attached hydrogen (secondary N) is 1. The minimum absolute atomic E-state index is 0.139. The van der Waals surface area contributed by atoms with Crippen LogP contribution in [-0.4, -0.2) is 39.6 Å². The van der Waals surface area contributed by atoms with Crippen molar-refractivity contribution < 1.29 is 14.3 Å². The number of rotatable bonds is 6. The zero-order valence-corrected chi connectivity index (χ0v) is 11.2. The monoisotopic (exact) mass is 277 g/mol. The number of hydrogen-bond acceptors (Lipinski definition) is 6. The van der Waals surface area contributed by atoms with E-state index in [1.807, 2.05) is 24.5 Å². The van der Waals surface area contributed by atoms with Gasteiger partial charge in [0.2, 0.25) is 5.91 Å². The van der Waals surface area contributed by atoms with Crippen molar-refractivity contribution in [1.82, 2.24) is 24.8 Å². The number of amides is 1. The van der Waals surface area contributed by atoms with Crippen LogP contribution >= 0.6 is 0 Å². The highest BCUT2D eigenvalue weighted by molar-refractivity contribution is 5.75. The van der Waals surface area contributed by atoms with E-state index in [4.69, 9.17) is 9.47 Å². The van der Waals surface area contributed by atoms with E-state index < -0.39 is 0 Å². The summed E-state index contributed by atoms with van der Waals surface area (Å²) in [5.74, 6) is 0.231. The fourth-order valence-electron chi connectivity index (χ4n) is 1.51. The third-order valence-corrected chi connectivity index (χ3v) is 2.44. The number of carbonyl (C=O) groups is 1. The summed E-state index contributed by atoms with van der Waals surface area (Å²) < 4.78 is 11.6. The van der Waals surface area contributed by atoms with E-state index in [2.05, 4.69) is 20.3 Å². The molecule has 0 saturated heterocycles. The molecular weight excluding hydrogens is 262 g/mol. The van der Waals surface area contributed by atoms with Gasteiger partial charge in [0, 0.05) is 12.4 Å². The Balaban J connectivity index is 1.94. The summed E-state index contributed by atoms with van der Waals surface area (Å²) in [7, 11) is 2.90. The Bertz CT molecular complexity index is 548. The van der Waals surface area contributed by atoms with Crippen LogP contribution in [0, 0.1) is 0 Å². The Morgan fingerprint density at radius 2 is 1.75 bits per heavy atom. The van der Waals surface area contributed by atoms with Crippen LogP contribution < -0.4 is 14.8 Å². The standard InChI is InChI=1S/C12H15N5O3/c1-19-11-14-9(15-12(16-11)20-2)7-13-10(18)8-17-5-3-4-6-17/h3-6H,7-8H2,1-2H3,(H,13,18). The zero-order chi connectivity index (χ0) is 14.4. The summed E-state index contributed by atoms with van der Waals surface area (Å²) in [6.07, 6.45) is 3.63. The van der Waals surface area contributed by atoms with Gasteiger partial charge in [-0.05, 0) is 12.1 Å². The van der Waals surface area contributed by atoms with Crippen molar-refractivity contribution in [2.24, 2.45) is 0 Å². The molecule has 0 radical (unpaired) electrons. The predicted molar refractivity (Wildman–Crippen MR) is 69.2 cm³/mol. The third kappa shape index (κ3) is 3.67. The van der Waals surface area contributed by atoms with Crippen LogP contribution in [0.15, 0.2) is 24.5 Å². The summed E-state index contributed by atoms with van der Waals surface area (Å²) in [6, 6.07) is 4.00. The molecule has 0 bridgehead atoms. The van der Waals surface area contributed by atoms with Gasteiger partial charge in [0.05, 0.1) is 20.8 Å². The first-order valence-corrected chi connectivity index (χ1v) is 5.91. The fourth-order valence-corrected chi connectivity index (χ4v) is 1.51. The van der Waals surface area contributed by atoms with Crippen molar-refractivity contribution in [1.29, 1.82) is 0 Å². The Kier molecular flexibility index (Phi) is 4.48. The number of ether oxygens (including phenoxy) is 2. The van der Waals surface area contributed by atoms with Crippen LogP contribution in [0.2, 0.25) is 0 Å². The van der Waals surface area contributed by atoms with Gasteiger partial charge in [-0.15, -0.1) is 4.98 Å². The van der Waals surface area contributed by atoms with E-state index in [1.54, 1.807) is 4.57 Å². The smallest absolute Gasteiger partial charge is 0.322 e. The van der Waals surface area contributed by atoms with Crippen molar-refractivity contribution in [3.63, 3.8) is 0 Å². The quantitative estimate of drug-likeness (QED) is 0.799. The van der Waals surface area contributed by atoms with E-state index in [1.165, 1.54) is 14.2 Å². The molecule has 0 aliphatic rings. The van der Waals surface area contributed by atoms with Gasteiger partial charge >= 0.3 is 12.0 Å². The second-order valence-corrected chi connectivity index (χ2v) is 3.86. The van der Waals surface area contributed by atoms with Gasteiger partial charge in [-0.2, -0.15) is 9.97 Å². The van der Waals surface area contributed by atoms with Crippen LogP contribution in [0.25, 0.3) is 0 Å². The van der Waals surface area contributed by atoms with E-state index in [-0.39, 0.29) is 31.0 Å². The highest BCUT2D eigenvalue weighted by atomic mass is 16.5. The molecule has 0 aromatic carbocycles. The molecule has 0 unspecified atom stereocenters. The summed E-state index contributed by atoms with van der Waals surface area (Å²) in [4.78, 5) is 23.6. The molecule has 2 rings (SSSR count). The normalized spacial score (nSPS) is 10.1. The van der Waals surface area contributed by atoms with E-state index in [0.29, 0.717) is 5.82 Å². The molecule has 0 aliphatic carbocycles. The minimum atomic E-state index is -0.139. The van der Waals surface area contributed by atoms with Crippen molar-refractivity contribution in [2.75, 3.05) is 14.2 Å². The lowest BCUT2D eigenvalue weighted by Gasteiger charge is -2.07. The van der Waals surface area contributed by atoms with Crippen molar-refractivity contribution in [3.05, 3.63) is 30.4 Å². The molecule has 2 aromatic heterocycles. The van der Waals surface area contributed by atoms with Gasteiger partial charge in [0.15, 0.2) is 5.82 Å². The number of nitrogens with zero attached hydrogens (tertiary/aromatic N) is 4. The first-order chi connectivity index (χ1) is 9.71. The topological polar surface area (TPSA) is 91.2 Å². The van der Waals surface area contributed by atoms with Crippen molar-refractivity contribution in [3.8, 4) is 12.0 Å². The lowest BCUT2D eigenvalue weighted by Crippen LogP contribution is -2.27. The highest BCUT2D eigenvalue weighted by Gasteiger charge is 2.08. The van der Waals surface area contributed by atoms with Gasteiger partial charge in [-0.25, -0.2) is 0 Å². The zero-order valence-electron chi connectivity index (χ0n) is 11.2. The largest absolute Gasteiger partial charge is 0.467 e. The van der Waals surface area contributed by atoms with Gasteiger partial charge in [0.1, 0.15) is 6.54 Å². The predicted octanol–water partition coefficient (Wildman–Crippen LogP) is 0.00670. The number of aromatic nitrogens is 4. The van der Waals surface area contributed by atoms with E-state index in [9.17, 15) is 4.79 Å². The number of methoxy groups -OCH3 is 2. The average molecular weight is 277 g/mol. The molecule has 1 N–H and O–H groups in total. The molecule has 2 aromatic rings. The number of hydrogen-bond donors (Lipinski definition) is 1. The molecule has 0 saturated carbocycles. The second-order valence-electron chi connectivity index (χ2n) is 3.86. The Morgan fingerprint density at radius 3 is 2.30 bits per heavy atom. The van der Waals surface area contributed by atoms with Crippen LogP contribution in [0.4, 0.5) is 0 Å². The summed E-state index contributed by atoms with van der Waals surface area (Å²) in [5.41, 5.74) is 0. The van der Waals surface area contributed by atoms with Crippen molar-refractivity contribution >= 4 is 5.91 Å². The maximum Gasteiger partial charge on any atom is 0.322 e. The van der Waals surface area contributed by atoms with Crippen molar-refractivity contribution in [2.45, 2.75) is 13.1 Å². The van der Waals surface area contributed by atoms with Gasteiger partial charge < -0.3 is 19.4 Å². The van der Waals surface area contributed by atoms with Gasteiger partial charge in [0.25, 0.3) is 0 Å². The molecule has 2 heterocycles. The van der Waals surface area contributed by atoms with E-state index >= 15 is 0 Å². The van der Waals surface area contributed by atoms with E-state index in [0.717, 1.165) is 0 Å². The molecule has 106 valence electrons. The molecule has 1 amide bonds. The maximum atomic E-state index is 11.7. The summed E-state index contributed by atoms with van der Waals surface area (Å²) in [6.45, 7) is 0.418. The molecule has 0 fully saturated rings. The molecule has 0 atom stereocenters. The second kappa shape index (κ2) is 6.50. The molecule has 0 spiro atoms. The van der Waals surface area contributed by atoms with Crippen LogP contribution in [-0.2, 0) is 17.9 Å². The Morgan fingerprint density at radius 1 is 1.15 bits per heavy atom. The molecule has 8 nitrogen and oxygen atoms in total. The summed E-state index contributed by atoms with van der Waals surface area (Å²) in [5, 5.41) is 2.72. The molecule has 20 heavy (non-hydrogen) atoms. The lowest BCUT2D eigenvalue weighted by atomic mass is 10.5.